The van der Waals surface area contributed by atoms with Crippen molar-refractivity contribution in [2.24, 2.45) is 0 Å². The van der Waals surface area contributed by atoms with Crippen molar-refractivity contribution in [2.45, 2.75) is 26.9 Å². The molecule has 1 aromatic carbocycles. The average Bonchev–Trinajstić information content (AvgIpc) is 2.80. The van der Waals surface area contributed by atoms with Gasteiger partial charge in [-0.3, -0.25) is 9.36 Å². The third-order valence-corrected chi connectivity index (χ3v) is 6.93. The van der Waals surface area contributed by atoms with Crippen LogP contribution in [0.1, 0.15) is 29.8 Å². The standard InChI is InChI=1S/C24H29N2O4P/c1-3-29-31(28,30-4-2)18-17-25-13-9-23(10-14-25)24-11-15-26(16-12-24)19-21-5-7-22(20-27)8-6-21/h5-16,20H,3-4,17-19H2,1-2H3/q+2. The van der Waals surface area contributed by atoms with Gasteiger partial charge in [-0.2, -0.15) is 0 Å². The van der Waals surface area contributed by atoms with E-state index in [0.717, 1.165) is 29.5 Å². The van der Waals surface area contributed by atoms with Crippen LogP contribution in [0, 0.1) is 0 Å². The average molecular weight is 440 g/mol. The first kappa shape index (κ1) is 23.0. The second-order valence-corrected chi connectivity index (χ2v) is 9.30. The topological polar surface area (TPSA) is 60.4 Å². The molecule has 6 nitrogen and oxygen atoms in total. The van der Waals surface area contributed by atoms with Crippen molar-refractivity contribution in [2.75, 3.05) is 19.4 Å². The minimum absolute atomic E-state index is 0.345. The van der Waals surface area contributed by atoms with E-state index in [4.69, 9.17) is 9.05 Å². The highest BCUT2D eigenvalue weighted by atomic mass is 31.2. The van der Waals surface area contributed by atoms with Gasteiger partial charge in [0.15, 0.2) is 37.9 Å². The van der Waals surface area contributed by atoms with Crippen LogP contribution in [0.2, 0.25) is 0 Å². The van der Waals surface area contributed by atoms with E-state index in [2.05, 4.69) is 16.7 Å². The molecule has 0 saturated heterocycles. The number of aromatic nitrogens is 2. The minimum Gasteiger partial charge on any atom is -0.309 e. The smallest absolute Gasteiger partial charge is 0.309 e. The number of aryl methyl sites for hydroxylation is 1. The number of hydrogen-bond donors (Lipinski definition) is 0. The van der Waals surface area contributed by atoms with Crippen molar-refractivity contribution in [1.82, 2.24) is 0 Å². The summed E-state index contributed by atoms with van der Waals surface area (Å²) in [4.78, 5) is 10.8. The Morgan fingerprint density at radius 3 is 1.81 bits per heavy atom. The van der Waals surface area contributed by atoms with Gasteiger partial charge >= 0.3 is 7.60 Å². The first-order valence-electron chi connectivity index (χ1n) is 10.5. The van der Waals surface area contributed by atoms with Crippen LogP contribution in [-0.2, 0) is 26.7 Å². The van der Waals surface area contributed by atoms with Gasteiger partial charge in [-0.1, -0.05) is 24.3 Å². The summed E-state index contributed by atoms with van der Waals surface area (Å²) >= 11 is 0. The van der Waals surface area contributed by atoms with Crippen molar-refractivity contribution < 1.29 is 27.5 Å². The van der Waals surface area contributed by atoms with E-state index in [-0.39, 0.29) is 0 Å². The highest BCUT2D eigenvalue weighted by molar-refractivity contribution is 7.53. The second kappa shape index (κ2) is 11.1. The Bertz CT molecular complexity index is 1010. The molecule has 3 rings (SSSR count). The van der Waals surface area contributed by atoms with Crippen molar-refractivity contribution in [3.63, 3.8) is 0 Å². The molecule has 0 radical (unpaired) electrons. The molecular weight excluding hydrogens is 411 g/mol. The van der Waals surface area contributed by atoms with Crippen molar-refractivity contribution in [3.8, 4) is 11.1 Å². The quantitative estimate of drug-likeness (QED) is 0.256. The van der Waals surface area contributed by atoms with Gasteiger partial charge in [-0.15, -0.1) is 0 Å². The van der Waals surface area contributed by atoms with Crippen LogP contribution in [0.3, 0.4) is 0 Å². The maximum absolute atomic E-state index is 12.6. The number of benzene rings is 1. The monoisotopic (exact) mass is 440 g/mol. The van der Waals surface area contributed by atoms with E-state index >= 15 is 0 Å². The molecule has 7 heteroatoms. The number of aldehydes is 1. The van der Waals surface area contributed by atoms with E-state index in [1.807, 2.05) is 79.6 Å². The second-order valence-electron chi connectivity index (χ2n) is 7.11. The van der Waals surface area contributed by atoms with Gasteiger partial charge in [0.05, 0.1) is 13.2 Å². The maximum atomic E-state index is 12.6. The summed E-state index contributed by atoms with van der Waals surface area (Å²) < 4.78 is 27.4. The zero-order chi connectivity index (χ0) is 22.1. The fourth-order valence-electron chi connectivity index (χ4n) is 3.26. The third-order valence-electron chi connectivity index (χ3n) is 4.88. The summed E-state index contributed by atoms with van der Waals surface area (Å²) in [6, 6.07) is 15.9. The van der Waals surface area contributed by atoms with Crippen LogP contribution in [0.15, 0.2) is 73.3 Å². The summed E-state index contributed by atoms with van der Waals surface area (Å²) in [6.07, 6.45) is 9.25. The van der Waals surface area contributed by atoms with E-state index in [1.165, 1.54) is 0 Å². The molecule has 3 aromatic rings. The Morgan fingerprint density at radius 2 is 1.32 bits per heavy atom. The van der Waals surface area contributed by atoms with Crippen molar-refractivity contribution in [1.29, 1.82) is 0 Å². The van der Waals surface area contributed by atoms with Crippen LogP contribution in [0.4, 0.5) is 0 Å². The lowest BCUT2D eigenvalue weighted by Gasteiger charge is -2.15. The molecule has 31 heavy (non-hydrogen) atoms. The molecule has 0 saturated carbocycles. The van der Waals surface area contributed by atoms with Gasteiger partial charge in [0, 0.05) is 35.4 Å². The fraction of sp³-hybridized carbons (Fsp3) is 0.292. The molecule has 0 N–H and O–H groups in total. The lowest BCUT2D eigenvalue weighted by Crippen LogP contribution is -2.34. The van der Waals surface area contributed by atoms with E-state index < -0.39 is 7.60 Å². The van der Waals surface area contributed by atoms with Gasteiger partial charge in [-0.25, -0.2) is 9.13 Å². The van der Waals surface area contributed by atoms with Crippen LogP contribution < -0.4 is 9.13 Å². The summed E-state index contributed by atoms with van der Waals surface area (Å²) in [5, 5.41) is 0. The molecular formula is C24H29N2O4P+2. The van der Waals surface area contributed by atoms with Crippen LogP contribution in [0.5, 0.6) is 0 Å². The van der Waals surface area contributed by atoms with Gasteiger partial charge in [0.1, 0.15) is 12.4 Å². The summed E-state index contributed by atoms with van der Waals surface area (Å²) in [6.45, 7) is 5.70. The number of rotatable bonds is 11. The number of nitrogens with zero attached hydrogens (tertiary/aromatic N) is 2. The Hall–Kier alpha value is -2.66. The summed E-state index contributed by atoms with van der Waals surface area (Å²) in [5.41, 5.74) is 4.05. The highest BCUT2D eigenvalue weighted by Crippen LogP contribution is 2.47. The normalized spacial score (nSPS) is 11.4. The van der Waals surface area contributed by atoms with Crippen molar-refractivity contribution in [3.05, 3.63) is 84.4 Å². The summed E-state index contributed by atoms with van der Waals surface area (Å²) in [7, 11) is -3.03. The Kier molecular flexibility index (Phi) is 8.24. The highest BCUT2D eigenvalue weighted by Gasteiger charge is 2.25. The number of hydrogen-bond acceptors (Lipinski definition) is 4. The van der Waals surface area contributed by atoms with Gasteiger partial charge < -0.3 is 9.05 Å². The zero-order valence-corrected chi connectivity index (χ0v) is 18.9. The molecule has 0 fully saturated rings. The van der Waals surface area contributed by atoms with Crippen LogP contribution in [0.25, 0.3) is 11.1 Å². The van der Waals surface area contributed by atoms with Gasteiger partial charge in [-0.05, 0) is 25.0 Å². The van der Waals surface area contributed by atoms with Gasteiger partial charge in [0.25, 0.3) is 0 Å². The fourth-order valence-corrected chi connectivity index (χ4v) is 4.86. The number of carbonyl (C=O) groups excluding carboxylic acids is 1. The lowest BCUT2D eigenvalue weighted by molar-refractivity contribution is -0.692. The predicted octanol–water partition coefficient (Wildman–Crippen LogP) is 4.06. The molecule has 0 spiro atoms. The van der Waals surface area contributed by atoms with E-state index in [0.29, 0.717) is 31.5 Å². The zero-order valence-electron chi connectivity index (χ0n) is 18.0. The minimum atomic E-state index is -3.03. The molecule has 0 aliphatic heterocycles. The molecule has 0 amide bonds. The molecule has 0 aliphatic carbocycles. The van der Waals surface area contributed by atoms with E-state index in [1.54, 1.807) is 0 Å². The maximum Gasteiger partial charge on any atom is 0.337 e. The third kappa shape index (κ3) is 6.66. The first-order valence-corrected chi connectivity index (χ1v) is 12.2. The SMILES string of the molecule is CCOP(=O)(CC[n+]1ccc(-c2cc[n+](Cc3ccc(C=O)cc3)cc2)cc1)OCC. The molecule has 0 unspecified atom stereocenters. The molecule has 2 heterocycles. The number of carbonyl (C=O) groups is 1. The molecule has 0 atom stereocenters. The Morgan fingerprint density at radius 1 is 0.806 bits per heavy atom. The van der Waals surface area contributed by atoms with Crippen LogP contribution >= 0.6 is 7.60 Å². The summed E-state index contributed by atoms with van der Waals surface area (Å²) in [5.74, 6) is 0. The first-order chi connectivity index (χ1) is 15.0. The predicted molar refractivity (Wildman–Crippen MR) is 119 cm³/mol. The lowest BCUT2D eigenvalue weighted by atomic mass is 10.1. The Labute approximate surface area is 183 Å². The molecule has 0 bridgehead atoms. The van der Waals surface area contributed by atoms with Crippen LogP contribution in [-0.4, -0.2) is 25.7 Å². The molecule has 162 valence electrons. The molecule has 2 aromatic heterocycles. The number of pyridine rings is 2. The molecule has 0 aliphatic rings. The van der Waals surface area contributed by atoms with Crippen molar-refractivity contribution >= 4 is 13.9 Å². The van der Waals surface area contributed by atoms with E-state index in [9.17, 15) is 9.36 Å². The largest absolute Gasteiger partial charge is 0.337 e. The Balaban J connectivity index is 1.61. The van der Waals surface area contributed by atoms with Gasteiger partial charge in [0.2, 0.25) is 0 Å².